The minimum atomic E-state index is -1.05. The van der Waals surface area contributed by atoms with E-state index in [4.69, 9.17) is 4.74 Å². The van der Waals surface area contributed by atoms with Gasteiger partial charge in [0, 0.05) is 24.0 Å². The van der Waals surface area contributed by atoms with Crippen LogP contribution in [-0.4, -0.2) is 33.5 Å². The van der Waals surface area contributed by atoms with E-state index >= 15 is 0 Å². The van der Waals surface area contributed by atoms with E-state index in [1.165, 1.54) is 0 Å². The topological polar surface area (TPSA) is 46.6 Å². The largest absolute Gasteiger partial charge is 0.377 e. The number of amides is 1. The van der Waals surface area contributed by atoms with E-state index in [1.54, 1.807) is 4.90 Å². The molecule has 2 unspecified atom stereocenters. The van der Waals surface area contributed by atoms with Gasteiger partial charge in [-0.25, -0.2) is 0 Å². The summed E-state index contributed by atoms with van der Waals surface area (Å²) < 4.78 is 18.2. The number of ether oxygens (including phenoxy) is 1. The number of likely N-dealkylation sites (tertiary alicyclic amines) is 1. The Morgan fingerprint density at radius 2 is 1.64 bits per heavy atom. The lowest BCUT2D eigenvalue weighted by molar-refractivity contribution is -0.141. The molecule has 3 rings (SSSR count). The fourth-order valence-electron chi connectivity index (χ4n) is 2.86. The number of hydrogen-bond acceptors (Lipinski definition) is 3. The van der Waals surface area contributed by atoms with Crippen LogP contribution in [0.25, 0.3) is 0 Å². The highest BCUT2D eigenvalue weighted by atomic mass is 32.2. The molecule has 2 atom stereocenters. The molecule has 1 saturated heterocycles. The number of hydrogen-bond donors (Lipinski definition) is 0. The lowest BCUT2D eigenvalue weighted by atomic mass is 10.2. The van der Waals surface area contributed by atoms with Gasteiger partial charge in [-0.05, 0) is 17.5 Å². The maximum atomic E-state index is 12.5. The minimum Gasteiger partial charge on any atom is -0.377 e. The number of rotatable bonds is 9. The zero-order valence-electron chi connectivity index (χ0n) is 14.2. The van der Waals surface area contributed by atoms with Gasteiger partial charge in [-0.15, -0.1) is 0 Å². The second-order valence-electron chi connectivity index (χ2n) is 6.15. The number of nitrogens with zero attached hydrogens (tertiary/aromatic N) is 1. The third-order valence-corrected chi connectivity index (χ3v) is 5.92. The first-order chi connectivity index (χ1) is 12.2. The van der Waals surface area contributed by atoms with Crippen LogP contribution < -0.4 is 0 Å². The molecule has 2 aromatic carbocycles. The Morgan fingerprint density at radius 3 is 2.28 bits per heavy atom. The van der Waals surface area contributed by atoms with Crippen molar-refractivity contribution in [3.05, 3.63) is 71.8 Å². The highest BCUT2D eigenvalue weighted by molar-refractivity contribution is 7.84. The predicted molar refractivity (Wildman–Crippen MR) is 99.1 cm³/mol. The molecular weight excluding hydrogens is 334 g/mol. The van der Waals surface area contributed by atoms with Gasteiger partial charge in [0.2, 0.25) is 5.91 Å². The molecule has 1 amide bonds. The van der Waals surface area contributed by atoms with Gasteiger partial charge in [-0.1, -0.05) is 60.7 Å². The molecule has 0 bridgehead atoms. The van der Waals surface area contributed by atoms with Gasteiger partial charge < -0.3 is 9.64 Å². The third kappa shape index (κ3) is 5.00. The van der Waals surface area contributed by atoms with Crippen molar-refractivity contribution in [3.63, 3.8) is 0 Å². The Morgan fingerprint density at radius 1 is 1.00 bits per heavy atom. The first kappa shape index (κ1) is 17.8. The van der Waals surface area contributed by atoms with Crippen LogP contribution in [0, 0.1) is 0 Å². The van der Waals surface area contributed by atoms with Crippen molar-refractivity contribution in [1.29, 1.82) is 0 Å². The average Bonchev–Trinajstić information content (AvgIpc) is 2.64. The Kier molecular flexibility index (Phi) is 6.36. The van der Waals surface area contributed by atoms with Crippen molar-refractivity contribution < 1.29 is 13.7 Å². The summed E-state index contributed by atoms with van der Waals surface area (Å²) in [6.07, 6.45) is 1.15. The Balaban J connectivity index is 1.39. The second-order valence-corrected chi connectivity index (χ2v) is 7.74. The molecule has 4 nitrogen and oxygen atoms in total. The highest BCUT2D eigenvalue weighted by Crippen LogP contribution is 2.24. The summed E-state index contributed by atoms with van der Waals surface area (Å²) in [5, 5.41) is -0.151. The lowest BCUT2D eigenvalue weighted by Crippen LogP contribution is -2.55. The Labute approximate surface area is 151 Å². The van der Waals surface area contributed by atoms with Gasteiger partial charge in [-0.3, -0.25) is 9.00 Å². The number of benzene rings is 2. The van der Waals surface area contributed by atoms with E-state index in [0.717, 1.165) is 17.5 Å². The van der Waals surface area contributed by atoms with Crippen LogP contribution in [0.4, 0.5) is 0 Å². The molecular formula is C20H23NO3S. The van der Waals surface area contributed by atoms with Crippen LogP contribution in [0.3, 0.4) is 0 Å². The van der Waals surface area contributed by atoms with Crippen LogP contribution in [0.15, 0.2) is 60.7 Å². The number of carbonyl (C=O) groups is 1. The van der Waals surface area contributed by atoms with Crippen LogP contribution in [0.5, 0.6) is 0 Å². The zero-order valence-corrected chi connectivity index (χ0v) is 15.0. The van der Waals surface area contributed by atoms with E-state index in [0.29, 0.717) is 31.9 Å². The van der Waals surface area contributed by atoms with Crippen LogP contribution >= 0.6 is 0 Å². The smallest absolute Gasteiger partial charge is 0.226 e. The Hall–Kier alpha value is -1.98. The standard InChI is InChI=1S/C20H23NO3S/c22-19-14-20(25(23)16-18-10-5-2-6-11-18)21(19)12-7-13-24-15-17-8-3-1-4-9-17/h1-6,8-11,20H,7,12-16H2. The van der Waals surface area contributed by atoms with Gasteiger partial charge in [0.1, 0.15) is 5.37 Å². The summed E-state index contributed by atoms with van der Waals surface area (Å²) in [7, 11) is -1.05. The molecule has 0 N–H and O–H groups in total. The van der Waals surface area contributed by atoms with E-state index in [-0.39, 0.29) is 11.3 Å². The third-order valence-electron chi connectivity index (χ3n) is 4.27. The average molecular weight is 357 g/mol. The molecule has 25 heavy (non-hydrogen) atoms. The fraction of sp³-hybridized carbons (Fsp3) is 0.350. The number of carbonyl (C=O) groups excluding carboxylic acids is 1. The van der Waals surface area contributed by atoms with Gasteiger partial charge in [0.15, 0.2) is 0 Å². The van der Waals surface area contributed by atoms with Crippen molar-refractivity contribution in [1.82, 2.24) is 4.90 Å². The summed E-state index contributed by atoms with van der Waals surface area (Å²) in [5.41, 5.74) is 2.19. The minimum absolute atomic E-state index is 0.0921. The zero-order chi connectivity index (χ0) is 17.5. The SMILES string of the molecule is O=C1CC(S(=O)Cc2ccccc2)N1CCCOCc1ccccc1. The summed E-state index contributed by atoms with van der Waals surface area (Å²) in [4.78, 5) is 13.6. The molecule has 0 radical (unpaired) electrons. The monoisotopic (exact) mass is 357 g/mol. The summed E-state index contributed by atoms with van der Waals surface area (Å²) in [5.74, 6) is 0.592. The molecule has 1 heterocycles. The van der Waals surface area contributed by atoms with E-state index in [1.807, 2.05) is 60.7 Å². The fourth-order valence-corrected chi connectivity index (χ4v) is 4.41. The van der Waals surface area contributed by atoms with Crippen molar-refractivity contribution in [3.8, 4) is 0 Å². The molecule has 0 spiro atoms. The molecule has 0 saturated carbocycles. The van der Waals surface area contributed by atoms with Crippen molar-refractivity contribution in [2.75, 3.05) is 13.2 Å². The molecule has 2 aromatic rings. The van der Waals surface area contributed by atoms with E-state index < -0.39 is 10.8 Å². The van der Waals surface area contributed by atoms with Crippen molar-refractivity contribution in [2.24, 2.45) is 0 Å². The molecule has 5 heteroatoms. The number of β-lactam (4-membered cyclic amide) rings is 1. The van der Waals surface area contributed by atoms with Crippen LogP contribution in [0.1, 0.15) is 24.0 Å². The Bertz CT molecular complexity index is 705. The van der Waals surface area contributed by atoms with E-state index in [2.05, 4.69) is 0 Å². The van der Waals surface area contributed by atoms with Gasteiger partial charge in [0.05, 0.1) is 18.8 Å². The molecule has 0 aromatic heterocycles. The summed E-state index contributed by atoms with van der Waals surface area (Å²) >= 11 is 0. The molecule has 0 aliphatic carbocycles. The first-order valence-electron chi connectivity index (χ1n) is 8.56. The summed E-state index contributed by atoms with van der Waals surface area (Å²) in [6, 6.07) is 19.8. The van der Waals surface area contributed by atoms with Crippen LogP contribution in [-0.2, 0) is 32.7 Å². The molecule has 132 valence electrons. The summed E-state index contributed by atoms with van der Waals surface area (Å²) in [6.45, 7) is 1.79. The van der Waals surface area contributed by atoms with Gasteiger partial charge in [0.25, 0.3) is 0 Å². The van der Waals surface area contributed by atoms with Gasteiger partial charge >= 0.3 is 0 Å². The van der Waals surface area contributed by atoms with Crippen molar-refractivity contribution in [2.45, 2.75) is 30.6 Å². The maximum absolute atomic E-state index is 12.5. The normalized spacial score (nSPS) is 18.0. The first-order valence-corrected chi connectivity index (χ1v) is 9.94. The van der Waals surface area contributed by atoms with E-state index in [9.17, 15) is 9.00 Å². The maximum Gasteiger partial charge on any atom is 0.226 e. The highest BCUT2D eigenvalue weighted by Gasteiger charge is 2.39. The predicted octanol–water partition coefficient (Wildman–Crippen LogP) is 3.10. The lowest BCUT2D eigenvalue weighted by Gasteiger charge is -2.39. The van der Waals surface area contributed by atoms with Crippen molar-refractivity contribution >= 4 is 16.7 Å². The molecule has 1 aliphatic rings. The molecule has 1 aliphatic heterocycles. The second kappa shape index (κ2) is 8.92. The quantitative estimate of drug-likeness (QED) is 0.512. The molecule has 1 fully saturated rings. The van der Waals surface area contributed by atoms with Crippen LogP contribution in [0.2, 0.25) is 0 Å². The van der Waals surface area contributed by atoms with Gasteiger partial charge in [-0.2, -0.15) is 0 Å².